The molecular weight excluding hydrogens is 306 g/mol. The van der Waals surface area contributed by atoms with Gasteiger partial charge in [0.25, 0.3) is 5.91 Å². The van der Waals surface area contributed by atoms with Gasteiger partial charge in [0.05, 0.1) is 0 Å². The van der Waals surface area contributed by atoms with E-state index in [0.717, 1.165) is 18.5 Å². The molecule has 128 valence electrons. The number of benzene rings is 1. The Morgan fingerprint density at radius 2 is 1.92 bits per heavy atom. The van der Waals surface area contributed by atoms with E-state index >= 15 is 0 Å². The van der Waals surface area contributed by atoms with Gasteiger partial charge in [0.1, 0.15) is 5.52 Å². The highest BCUT2D eigenvalue weighted by molar-refractivity contribution is 5.97. The number of rotatable bonds is 3. The van der Waals surface area contributed by atoms with Crippen LogP contribution < -0.4 is 0 Å². The fourth-order valence-electron chi connectivity index (χ4n) is 3.02. The third-order valence-electron chi connectivity index (χ3n) is 4.30. The molecule has 1 aliphatic heterocycles. The molecule has 0 saturated carbocycles. The van der Waals surface area contributed by atoms with E-state index in [1.54, 1.807) is 18.2 Å². The third kappa shape index (κ3) is 3.58. The number of hydrogen-bond donors (Lipinski definition) is 0. The van der Waals surface area contributed by atoms with Gasteiger partial charge in [0.2, 0.25) is 5.91 Å². The Morgan fingerprint density at radius 1 is 1.17 bits per heavy atom. The van der Waals surface area contributed by atoms with Crippen LogP contribution in [0.5, 0.6) is 0 Å². The summed E-state index contributed by atoms with van der Waals surface area (Å²) in [6.07, 6.45) is 2.75. The summed E-state index contributed by atoms with van der Waals surface area (Å²) in [6, 6.07) is 5.30. The molecule has 1 aromatic heterocycles. The van der Waals surface area contributed by atoms with Crippen molar-refractivity contribution in [1.29, 1.82) is 0 Å². The lowest BCUT2D eigenvalue weighted by Crippen LogP contribution is -2.37. The van der Waals surface area contributed by atoms with Crippen LogP contribution in [-0.2, 0) is 4.79 Å². The Balaban J connectivity index is 1.66. The van der Waals surface area contributed by atoms with Crippen molar-refractivity contribution >= 4 is 22.9 Å². The van der Waals surface area contributed by atoms with Gasteiger partial charge in [-0.15, -0.1) is 0 Å². The monoisotopic (exact) mass is 329 g/mol. The molecule has 0 N–H and O–H groups in total. The number of carbonyl (C=O) groups excluding carboxylic acids is 2. The van der Waals surface area contributed by atoms with E-state index in [0.29, 0.717) is 43.1 Å². The molecule has 2 heterocycles. The van der Waals surface area contributed by atoms with E-state index < -0.39 is 0 Å². The smallest absolute Gasteiger partial charge is 0.254 e. The zero-order valence-corrected chi connectivity index (χ0v) is 14.2. The van der Waals surface area contributed by atoms with Gasteiger partial charge in [-0.2, -0.15) is 0 Å². The lowest BCUT2D eigenvalue weighted by atomic mass is 10.1. The van der Waals surface area contributed by atoms with Crippen LogP contribution in [0.15, 0.2) is 29.0 Å². The molecule has 6 heteroatoms. The summed E-state index contributed by atoms with van der Waals surface area (Å²) < 4.78 is 5.27. The lowest BCUT2D eigenvalue weighted by Gasteiger charge is -2.23. The molecule has 0 bridgehead atoms. The quantitative estimate of drug-likeness (QED) is 0.868. The van der Waals surface area contributed by atoms with E-state index in [1.807, 2.05) is 23.6 Å². The minimum Gasteiger partial charge on any atom is -0.443 e. The first-order valence-corrected chi connectivity index (χ1v) is 8.45. The predicted molar refractivity (Wildman–Crippen MR) is 90.6 cm³/mol. The van der Waals surface area contributed by atoms with E-state index in [-0.39, 0.29) is 11.8 Å². The highest BCUT2D eigenvalue weighted by Crippen LogP contribution is 2.17. The molecule has 1 saturated heterocycles. The van der Waals surface area contributed by atoms with Crippen molar-refractivity contribution in [3.8, 4) is 0 Å². The van der Waals surface area contributed by atoms with Crippen LogP contribution in [0.3, 0.4) is 0 Å². The first-order chi connectivity index (χ1) is 11.5. The summed E-state index contributed by atoms with van der Waals surface area (Å²) in [7, 11) is 0. The average Bonchev–Trinajstić information content (AvgIpc) is 2.87. The zero-order chi connectivity index (χ0) is 17.1. The summed E-state index contributed by atoms with van der Waals surface area (Å²) in [5, 5.41) is 0. The van der Waals surface area contributed by atoms with Gasteiger partial charge in [-0.1, -0.05) is 13.8 Å². The Hall–Kier alpha value is -2.37. The molecule has 1 fully saturated rings. The first kappa shape index (κ1) is 16.5. The molecule has 0 unspecified atom stereocenters. The molecule has 2 amide bonds. The van der Waals surface area contributed by atoms with Gasteiger partial charge in [-0.05, 0) is 30.5 Å². The Labute approximate surface area is 141 Å². The van der Waals surface area contributed by atoms with Gasteiger partial charge >= 0.3 is 0 Å². The molecular formula is C18H23N3O3. The molecule has 3 rings (SSSR count). The summed E-state index contributed by atoms with van der Waals surface area (Å²) in [5.41, 5.74) is 1.96. The predicted octanol–water partition coefficient (Wildman–Crippen LogP) is 2.55. The highest BCUT2D eigenvalue weighted by atomic mass is 16.3. The third-order valence-corrected chi connectivity index (χ3v) is 4.30. The maximum Gasteiger partial charge on any atom is 0.254 e. The van der Waals surface area contributed by atoms with Gasteiger partial charge in [-0.3, -0.25) is 9.59 Å². The Morgan fingerprint density at radius 3 is 2.71 bits per heavy atom. The Bertz CT molecular complexity index is 738. The topological polar surface area (TPSA) is 66.7 Å². The number of fused-ring (bicyclic) bond motifs is 1. The highest BCUT2D eigenvalue weighted by Gasteiger charge is 2.23. The van der Waals surface area contributed by atoms with Crippen LogP contribution in [0.4, 0.5) is 0 Å². The van der Waals surface area contributed by atoms with E-state index in [9.17, 15) is 9.59 Å². The fourth-order valence-corrected chi connectivity index (χ4v) is 3.02. The van der Waals surface area contributed by atoms with Crippen LogP contribution in [0, 0.1) is 5.92 Å². The molecule has 2 aromatic rings. The van der Waals surface area contributed by atoms with Crippen LogP contribution in [-0.4, -0.2) is 52.8 Å². The number of oxazole rings is 1. The van der Waals surface area contributed by atoms with Crippen molar-refractivity contribution in [2.75, 3.05) is 26.2 Å². The number of hydrogen-bond acceptors (Lipinski definition) is 4. The van der Waals surface area contributed by atoms with Crippen molar-refractivity contribution in [1.82, 2.24) is 14.8 Å². The fraction of sp³-hybridized carbons (Fsp3) is 0.500. The van der Waals surface area contributed by atoms with Crippen molar-refractivity contribution < 1.29 is 14.0 Å². The molecule has 1 aliphatic rings. The minimum atomic E-state index is -0.0218. The molecule has 0 radical (unpaired) electrons. The summed E-state index contributed by atoms with van der Waals surface area (Å²) >= 11 is 0. The maximum atomic E-state index is 12.7. The van der Waals surface area contributed by atoms with Gasteiger partial charge < -0.3 is 14.2 Å². The standard InChI is InChI=1S/C18H23N3O3/c1-13(2)10-17(22)20-6-3-7-21(9-8-20)18(23)14-4-5-15-16(11-14)24-12-19-15/h4-5,11-13H,3,6-10H2,1-2H3. The summed E-state index contributed by atoms with van der Waals surface area (Å²) in [6.45, 7) is 6.64. The number of nitrogens with zero attached hydrogens (tertiary/aromatic N) is 3. The maximum absolute atomic E-state index is 12.7. The van der Waals surface area contributed by atoms with E-state index in [1.165, 1.54) is 6.39 Å². The van der Waals surface area contributed by atoms with Crippen LogP contribution >= 0.6 is 0 Å². The normalized spacial score (nSPS) is 15.8. The van der Waals surface area contributed by atoms with Gasteiger partial charge in [0, 0.05) is 38.2 Å². The van der Waals surface area contributed by atoms with Gasteiger partial charge in [0.15, 0.2) is 12.0 Å². The molecule has 0 spiro atoms. The second kappa shape index (κ2) is 7.03. The van der Waals surface area contributed by atoms with Crippen LogP contribution in [0.2, 0.25) is 0 Å². The van der Waals surface area contributed by atoms with Crippen molar-refractivity contribution in [2.45, 2.75) is 26.7 Å². The van der Waals surface area contributed by atoms with Crippen molar-refractivity contribution in [3.05, 3.63) is 30.2 Å². The minimum absolute atomic E-state index is 0.0218. The molecule has 0 aliphatic carbocycles. The van der Waals surface area contributed by atoms with E-state index in [4.69, 9.17) is 4.42 Å². The summed E-state index contributed by atoms with van der Waals surface area (Å²) in [4.78, 5) is 32.7. The second-order valence-electron chi connectivity index (χ2n) is 6.66. The molecule has 0 atom stereocenters. The number of aromatic nitrogens is 1. The number of amides is 2. The first-order valence-electron chi connectivity index (χ1n) is 8.45. The largest absolute Gasteiger partial charge is 0.443 e. The second-order valence-corrected chi connectivity index (χ2v) is 6.66. The van der Waals surface area contributed by atoms with E-state index in [2.05, 4.69) is 4.98 Å². The lowest BCUT2D eigenvalue weighted by molar-refractivity contribution is -0.131. The van der Waals surface area contributed by atoms with Crippen LogP contribution in [0.25, 0.3) is 11.1 Å². The van der Waals surface area contributed by atoms with Gasteiger partial charge in [-0.25, -0.2) is 4.98 Å². The zero-order valence-electron chi connectivity index (χ0n) is 14.2. The molecule has 24 heavy (non-hydrogen) atoms. The molecule has 1 aromatic carbocycles. The molecule has 6 nitrogen and oxygen atoms in total. The van der Waals surface area contributed by atoms with Crippen LogP contribution in [0.1, 0.15) is 37.0 Å². The summed E-state index contributed by atoms with van der Waals surface area (Å²) in [5.74, 6) is 0.515. The van der Waals surface area contributed by atoms with Crippen molar-refractivity contribution in [2.24, 2.45) is 5.92 Å². The Kier molecular flexibility index (Phi) is 4.83. The SMILES string of the molecule is CC(C)CC(=O)N1CCCN(C(=O)c2ccc3ncoc3c2)CC1. The van der Waals surface area contributed by atoms with Crippen molar-refractivity contribution in [3.63, 3.8) is 0 Å². The number of carbonyl (C=O) groups is 2. The average molecular weight is 329 g/mol.